The second-order valence-corrected chi connectivity index (χ2v) is 2.49. The number of unbranched alkanes of at least 4 members (excludes halogenated alkanes) is 2. The van der Waals surface area contributed by atoms with E-state index in [9.17, 15) is 4.79 Å². The van der Waals surface area contributed by atoms with Gasteiger partial charge in [-0.1, -0.05) is 26.3 Å². The molecule has 0 rings (SSSR count). The smallest absolute Gasteiger partial charge is 0.345 e. The molecular formula is C9H14ClNO2. The molecule has 0 bridgehead atoms. The summed E-state index contributed by atoms with van der Waals surface area (Å²) in [6.07, 6.45) is 5.85. The second-order valence-electron chi connectivity index (χ2n) is 2.11. The number of ether oxygens (including phenoxy) is 1. The first-order valence-corrected chi connectivity index (χ1v) is 4.54. The monoisotopic (exact) mass is 203 g/mol. The molecule has 0 fully saturated rings. The fraction of sp³-hybridized carbons (Fsp3) is 0.556. The summed E-state index contributed by atoms with van der Waals surface area (Å²) in [7, 11) is 0. The van der Waals surface area contributed by atoms with Crippen LogP contribution in [0.1, 0.15) is 26.2 Å². The summed E-state index contributed by atoms with van der Waals surface area (Å²) in [5.41, 5.74) is 0. The van der Waals surface area contributed by atoms with E-state index in [1.165, 1.54) is 25.5 Å². The van der Waals surface area contributed by atoms with Crippen LogP contribution in [0.3, 0.4) is 0 Å². The fourth-order valence-corrected chi connectivity index (χ4v) is 0.620. The Morgan fingerprint density at radius 3 is 2.46 bits per heavy atom. The number of carbonyl (C=O) groups excluding carboxylic acids is 1. The van der Waals surface area contributed by atoms with E-state index in [4.69, 9.17) is 16.9 Å². The third kappa shape index (κ3) is 18.2. The van der Waals surface area contributed by atoms with Crippen LogP contribution in [0, 0.1) is 11.5 Å². The van der Waals surface area contributed by atoms with E-state index in [-0.39, 0.29) is 0 Å². The lowest BCUT2D eigenvalue weighted by Crippen LogP contribution is -1.91. The van der Waals surface area contributed by atoms with Gasteiger partial charge in [0.15, 0.2) is 0 Å². The Kier molecular flexibility index (Phi) is 15.1. The van der Waals surface area contributed by atoms with E-state index in [1.807, 2.05) is 0 Å². The van der Waals surface area contributed by atoms with Crippen LogP contribution >= 0.6 is 11.6 Å². The van der Waals surface area contributed by atoms with Crippen molar-refractivity contribution in [1.82, 2.24) is 0 Å². The highest BCUT2D eigenvalue weighted by atomic mass is 35.5. The molecular weight excluding hydrogens is 190 g/mol. The highest BCUT2D eigenvalue weighted by Crippen LogP contribution is 1.93. The first kappa shape index (κ1) is 14.5. The standard InChI is InChI=1S/C5H11Cl.C4H3NO2/c1-2-3-4-5-6;1-2-4(6)7-3-5/h2-5H2,1H3;2H,1H2. The molecule has 0 aliphatic heterocycles. The largest absolute Gasteiger partial charge is 0.347 e. The first-order chi connectivity index (χ1) is 6.22. The number of halogens is 1. The van der Waals surface area contributed by atoms with Gasteiger partial charge in [-0.25, -0.2) is 4.79 Å². The number of nitrogens with zero attached hydrogens (tertiary/aromatic N) is 1. The molecule has 0 aromatic rings. The maximum Gasteiger partial charge on any atom is 0.345 e. The Balaban J connectivity index is 0. The van der Waals surface area contributed by atoms with Gasteiger partial charge in [0, 0.05) is 12.0 Å². The third-order valence-corrected chi connectivity index (χ3v) is 1.32. The van der Waals surface area contributed by atoms with Crippen LogP contribution in [0.15, 0.2) is 12.7 Å². The Hall–Kier alpha value is -1.01. The van der Waals surface area contributed by atoms with Crippen LogP contribution in [0.25, 0.3) is 0 Å². The zero-order valence-corrected chi connectivity index (χ0v) is 8.51. The van der Waals surface area contributed by atoms with Crippen LogP contribution < -0.4 is 0 Å². The van der Waals surface area contributed by atoms with Crippen molar-refractivity contribution in [1.29, 1.82) is 5.26 Å². The van der Waals surface area contributed by atoms with Crippen LogP contribution in [0.5, 0.6) is 0 Å². The lowest BCUT2D eigenvalue weighted by Gasteiger charge is -1.84. The van der Waals surface area contributed by atoms with Gasteiger partial charge in [-0.05, 0) is 6.42 Å². The predicted molar refractivity (Wildman–Crippen MR) is 52.1 cm³/mol. The molecule has 3 nitrogen and oxygen atoms in total. The summed E-state index contributed by atoms with van der Waals surface area (Å²) in [5, 5.41) is 7.63. The van der Waals surface area contributed by atoms with Crippen molar-refractivity contribution < 1.29 is 9.53 Å². The highest BCUT2D eigenvalue weighted by Gasteiger charge is 1.87. The van der Waals surface area contributed by atoms with Crippen molar-refractivity contribution >= 4 is 17.6 Å². The molecule has 0 saturated carbocycles. The molecule has 0 unspecified atom stereocenters. The van der Waals surface area contributed by atoms with Gasteiger partial charge in [0.2, 0.25) is 0 Å². The van der Waals surface area contributed by atoms with E-state index < -0.39 is 5.97 Å². The number of carbonyl (C=O) groups is 1. The fourth-order valence-electron chi connectivity index (χ4n) is 0.431. The molecule has 13 heavy (non-hydrogen) atoms. The van der Waals surface area contributed by atoms with Gasteiger partial charge in [-0.2, -0.15) is 0 Å². The van der Waals surface area contributed by atoms with Crippen molar-refractivity contribution in [2.24, 2.45) is 0 Å². The molecule has 4 heteroatoms. The van der Waals surface area contributed by atoms with Gasteiger partial charge in [0.1, 0.15) is 0 Å². The van der Waals surface area contributed by atoms with Gasteiger partial charge in [-0.3, -0.25) is 0 Å². The molecule has 0 aliphatic carbocycles. The van der Waals surface area contributed by atoms with Gasteiger partial charge in [0.25, 0.3) is 6.26 Å². The Morgan fingerprint density at radius 2 is 2.31 bits per heavy atom. The average molecular weight is 204 g/mol. The number of esters is 1. The van der Waals surface area contributed by atoms with Crippen molar-refractivity contribution in [2.75, 3.05) is 5.88 Å². The number of hydrogen-bond acceptors (Lipinski definition) is 3. The topological polar surface area (TPSA) is 50.1 Å². The minimum atomic E-state index is -0.720. The van der Waals surface area contributed by atoms with Crippen LogP contribution in [0.4, 0.5) is 0 Å². The molecule has 0 saturated heterocycles. The molecule has 0 heterocycles. The van der Waals surface area contributed by atoms with E-state index in [0.29, 0.717) is 0 Å². The third-order valence-electron chi connectivity index (χ3n) is 1.05. The second kappa shape index (κ2) is 13.6. The number of alkyl halides is 1. The molecule has 0 spiro atoms. The molecule has 0 amide bonds. The quantitative estimate of drug-likeness (QED) is 0.232. The van der Waals surface area contributed by atoms with Gasteiger partial charge >= 0.3 is 5.97 Å². The van der Waals surface area contributed by atoms with Gasteiger partial charge < -0.3 is 4.74 Å². The summed E-state index contributed by atoms with van der Waals surface area (Å²) in [6.45, 7) is 5.23. The average Bonchev–Trinajstić information content (AvgIpc) is 2.16. The highest BCUT2D eigenvalue weighted by molar-refractivity contribution is 6.17. The van der Waals surface area contributed by atoms with Crippen molar-refractivity contribution in [2.45, 2.75) is 26.2 Å². The molecule has 0 aromatic carbocycles. The molecule has 74 valence electrons. The zero-order chi connectivity index (χ0) is 10.5. The van der Waals surface area contributed by atoms with E-state index in [1.54, 1.807) is 0 Å². The number of hydrogen-bond donors (Lipinski definition) is 0. The maximum absolute atomic E-state index is 9.85. The SMILES string of the molecule is C=CC(=O)OC#N.CCCCCCl. The molecule has 0 atom stereocenters. The van der Waals surface area contributed by atoms with Crippen molar-refractivity contribution in [3.63, 3.8) is 0 Å². The van der Waals surface area contributed by atoms with Crippen LogP contribution in [0.2, 0.25) is 0 Å². The number of rotatable bonds is 4. The molecule has 0 radical (unpaired) electrons. The minimum absolute atomic E-state index is 0.720. The Bertz CT molecular complexity index is 171. The lowest BCUT2D eigenvalue weighted by atomic mass is 10.3. The maximum atomic E-state index is 9.85. The summed E-state index contributed by atoms with van der Waals surface area (Å²) in [4.78, 5) is 9.85. The Morgan fingerprint density at radius 1 is 1.69 bits per heavy atom. The lowest BCUT2D eigenvalue weighted by molar-refractivity contribution is -0.131. The summed E-state index contributed by atoms with van der Waals surface area (Å²) >= 11 is 5.38. The van der Waals surface area contributed by atoms with E-state index in [0.717, 1.165) is 12.0 Å². The normalized spacial score (nSPS) is 7.46. The van der Waals surface area contributed by atoms with Gasteiger partial charge in [-0.15, -0.1) is 16.9 Å². The zero-order valence-electron chi connectivity index (χ0n) is 7.75. The van der Waals surface area contributed by atoms with E-state index in [2.05, 4.69) is 18.2 Å². The van der Waals surface area contributed by atoms with E-state index >= 15 is 0 Å². The number of nitriles is 1. The Labute approximate surface area is 83.9 Å². The van der Waals surface area contributed by atoms with Crippen molar-refractivity contribution in [3.8, 4) is 6.26 Å². The summed E-state index contributed by atoms with van der Waals surface area (Å²) in [5.74, 6) is 0.107. The van der Waals surface area contributed by atoms with Crippen LogP contribution in [-0.4, -0.2) is 11.8 Å². The predicted octanol–water partition coefficient (Wildman–Crippen LogP) is 2.61. The van der Waals surface area contributed by atoms with Gasteiger partial charge in [0.05, 0.1) is 0 Å². The first-order valence-electron chi connectivity index (χ1n) is 4.01. The summed E-state index contributed by atoms with van der Waals surface area (Å²) < 4.78 is 3.74. The minimum Gasteiger partial charge on any atom is -0.347 e. The molecule has 0 aromatic heterocycles. The van der Waals surface area contributed by atoms with Crippen molar-refractivity contribution in [3.05, 3.63) is 12.7 Å². The van der Waals surface area contributed by atoms with Crippen LogP contribution in [-0.2, 0) is 9.53 Å². The molecule has 0 N–H and O–H groups in total. The molecule has 0 aliphatic rings. The summed E-state index contributed by atoms with van der Waals surface area (Å²) in [6, 6.07) is 0.